The number of nitrogens with zero attached hydrogens (tertiary/aromatic N) is 1. The summed E-state index contributed by atoms with van der Waals surface area (Å²) in [6.07, 6.45) is 3.02. The highest BCUT2D eigenvalue weighted by molar-refractivity contribution is 7.89. The molecule has 1 aromatic heterocycles. The van der Waals surface area contributed by atoms with Crippen LogP contribution in [0.5, 0.6) is 0 Å². The zero-order valence-corrected chi connectivity index (χ0v) is 15.0. The molecule has 0 amide bonds. The van der Waals surface area contributed by atoms with Crippen LogP contribution in [-0.4, -0.2) is 32.9 Å². The highest BCUT2D eigenvalue weighted by Gasteiger charge is 2.36. The molecule has 4 nitrogen and oxygen atoms in total. The summed E-state index contributed by atoms with van der Waals surface area (Å²) in [4.78, 5) is 1.45. The second-order valence-electron chi connectivity index (χ2n) is 6.27. The predicted molar refractivity (Wildman–Crippen MR) is 88.2 cm³/mol. The van der Waals surface area contributed by atoms with Crippen molar-refractivity contribution in [3.63, 3.8) is 0 Å². The molecule has 21 heavy (non-hydrogen) atoms. The van der Waals surface area contributed by atoms with E-state index in [2.05, 4.69) is 19.2 Å². The van der Waals surface area contributed by atoms with Crippen LogP contribution in [0.3, 0.4) is 0 Å². The Hall–Kier alpha value is -0.430. The van der Waals surface area contributed by atoms with Crippen molar-refractivity contribution in [3.8, 4) is 0 Å². The Morgan fingerprint density at radius 2 is 2.00 bits per heavy atom. The van der Waals surface area contributed by atoms with Crippen molar-refractivity contribution < 1.29 is 8.42 Å². The topological polar surface area (TPSA) is 49.4 Å². The van der Waals surface area contributed by atoms with E-state index in [4.69, 9.17) is 0 Å². The molecule has 6 heteroatoms. The number of hydrogen-bond donors (Lipinski definition) is 1. The van der Waals surface area contributed by atoms with Crippen molar-refractivity contribution in [3.05, 3.63) is 15.8 Å². The van der Waals surface area contributed by atoms with Crippen LogP contribution in [0.1, 0.15) is 43.6 Å². The third-order valence-corrected chi connectivity index (χ3v) is 8.07. The van der Waals surface area contributed by atoms with Crippen molar-refractivity contribution in [2.24, 2.45) is 5.41 Å². The Morgan fingerprint density at radius 1 is 1.38 bits per heavy atom. The lowest BCUT2D eigenvalue weighted by molar-refractivity contribution is 0.169. The van der Waals surface area contributed by atoms with Gasteiger partial charge < -0.3 is 5.32 Å². The van der Waals surface area contributed by atoms with Gasteiger partial charge in [0.1, 0.15) is 4.90 Å². The molecule has 0 aliphatic carbocycles. The summed E-state index contributed by atoms with van der Waals surface area (Å²) in [6, 6.07) is 0. The maximum Gasteiger partial charge on any atom is 0.244 e. The van der Waals surface area contributed by atoms with E-state index in [0.29, 0.717) is 29.9 Å². The minimum atomic E-state index is -3.36. The van der Waals surface area contributed by atoms with Gasteiger partial charge in [-0.2, -0.15) is 4.31 Å². The van der Waals surface area contributed by atoms with Gasteiger partial charge >= 0.3 is 0 Å². The smallest absolute Gasteiger partial charge is 0.244 e. The second-order valence-corrected chi connectivity index (χ2v) is 9.11. The zero-order valence-electron chi connectivity index (χ0n) is 13.4. The molecule has 120 valence electrons. The molecular weight excluding hydrogens is 304 g/mol. The summed E-state index contributed by atoms with van der Waals surface area (Å²) in [5, 5.41) is 5.01. The van der Waals surface area contributed by atoms with E-state index in [0.717, 1.165) is 29.7 Å². The van der Waals surface area contributed by atoms with E-state index >= 15 is 0 Å². The van der Waals surface area contributed by atoms with Crippen molar-refractivity contribution in [2.75, 3.05) is 20.1 Å². The summed E-state index contributed by atoms with van der Waals surface area (Å²) in [7, 11) is -1.51. The number of aryl methyl sites for hydroxylation is 1. The van der Waals surface area contributed by atoms with Crippen LogP contribution in [-0.2, 0) is 16.6 Å². The molecule has 1 aliphatic rings. The minimum Gasteiger partial charge on any atom is -0.315 e. The molecule has 1 N–H and O–H groups in total. The van der Waals surface area contributed by atoms with Gasteiger partial charge in [0.2, 0.25) is 10.0 Å². The monoisotopic (exact) mass is 330 g/mol. The minimum absolute atomic E-state index is 0.295. The molecule has 1 aliphatic heterocycles. The van der Waals surface area contributed by atoms with Gasteiger partial charge in [0.25, 0.3) is 0 Å². The Bertz CT molecular complexity index is 585. The Morgan fingerprint density at radius 3 is 2.52 bits per heavy atom. The molecule has 0 aromatic carbocycles. The number of piperidine rings is 1. The summed E-state index contributed by atoms with van der Waals surface area (Å²) in [5.41, 5.74) is 1.16. The summed E-state index contributed by atoms with van der Waals surface area (Å²) >= 11 is 1.53. The van der Waals surface area contributed by atoms with E-state index in [1.54, 1.807) is 4.31 Å². The van der Waals surface area contributed by atoms with E-state index in [-0.39, 0.29) is 0 Å². The quantitative estimate of drug-likeness (QED) is 0.903. The maximum absolute atomic E-state index is 13.0. The lowest BCUT2D eigenvalue weighted by Gasteiger charge is -2.38. The van der Waals surface area contributed by atoms with Crippen molar-refractivity contribution in [2.45, 2.75) is 51.5 Å². The molecule has 0 spiro atoms. The van der Waals surface area contributed by atoms with E-state index in [1.807, 2.05) is 19.4 Å². The number of sulfonamides is 1. The SMILES string of the molecule is CCC1(C)CCN(S(=O)(=O)c2c(C)csc2CNC)CC1. The van der Waals surface area contributed by atoms with Crippen LogP contribution in [0, 0.1) is 12.3 Å². The summed E-state index contributed by atoms with van der Waals surface area (Å²) in [6.45, 7) is 8.23. The molecule has 0 atom stereocenters. The van der Waals surface area contributed by atoms with E-state index in [1.165, 1.54) is 11.3 Å². The number of nitrogens with one attached hydrogen (secondary N) is 1. The largest absolute Gasteiger partial charge is 0.315 e. The first kappa shape index (κ1) is 16.9. The van der Waals surface area contributed by atoms with E-state index in [9.17, 15) is 8.42 Å². The number of rotatable bonds is 5. The molecule has 2 rings (SSSR count). The molecule has 0 radical (unpaired) electrons. The lowest BCUT2D eigenvalue weighted by Crippen LogP contribution is -2.42. The van der Waals surface area contributed by atoms with E-state index < -0.39 is 10.0 Å². The molecular formula is C15H26N2O2S2. The fourth-order valence-corrected chi connectivity index (χ4v) is 6.08. The Balaban J connectivity index is 2.26. The molecule has 1 fully saturated rings. The van der Waals surface area contributed by atoms with Gasteiger partial charge in [0.05, 0.1) is 0 Å². The van der Waals surface area contributed by atoms with Gasteiger partial charge in [-0.1, -0.05) is 20.3 Å². The van der Waals surface area contributed by atoms with Crippen LogP contribution in [0.2, 0.25) is 0 Å². The van der Waals surface area contributed by atoms with Crippen molar-refractivity contribution >= 4 is 21.4 Å². The normalized spacial score (nSPS) is 19.8. The molecule has 2 heterocycles. The molecule has 0 saturated carbocycles. The van der Waals surface area contributed by atoms with Crippen LogP contribution < -0.4 is 5.32 Å². The lowest BCUT2D eigenvalue weighted by atomic mass is 9.79. The maximum atomic E-state index is 13.0. The van der Waals surface area contributed by atoms with Crippen molar-refractivity contribution in [1.82, 2.24) is 9.62 Å². The highest BCUT2D eigenvalue weighted by atomic mass is 32.2. The van der Waals surface area contributed by atoms with Crippen LogP contribution in [0.4, 0.5) is 0 Å². The molecule has 1 saturated heterocycles. The van der Waals surface area contributed by atoms with Gasteiger partial charge in [-0.25, -0.2) is 8.42 Å². The highest BCUT2D eigenvalue weighted by Crippen LogP contribution is 2.37. The third kappa shape index (κ3) is 3.33. The van der Waals surface area contributed by atoms with Gasteiger partial charge in [0.15, 0.2) is 0 Å². The van der Waals surface area contributed by atoms with Gasteiger partial charge in [-0.15, -0.1) is 11.3 Å². The van der Waals surface area contributed by atoms with Crippen LogP contribution in [0.15, 0.2) is 10.3 Å². The fourth-order valence-electron chi connectivity index (χ4n) is 2.87. The molecule has 0 unspecified atom stereocenters. The van der Waals surface area contributed by atoms with Gasteiger partial charge in [-0.05, 0) is 43.2 Å². The molecule has 1 aromatic rings. The van der Waals surface area contributed by atoms with Crippen LogP contribution in [0.25, 0.3) is 0 Å². The summed E-state index contributed by atoms with van der Waals surface area (Å²) in [5.74, 6) is 0. The average Bonchev–Trinajstić information content (AvgIpc) is 2.81. The van der Waals surface area contributed by atoms with Crippen LogP contribution >= 0.6 is 11.3 Å². The van der Waals surface area contributed by atoms with Crippen molar-refractivity contribution in [1.29, 1.82) is 0 Å². The first-order valence-electron chi connectivity index (χ1n) is 7.56. The third-order valence-electron chi connectivity index (χ3n) is 4.71. The first-order chi connectivity index (χ1) is 9.84. The predicted octanol–water partition coefficient (Wildman–Crippen LogP) is 2.98. The zero-order chi connectivity index (χ0) is 15.7. The van der Waals surface area contributed by atoms with Gasteiger partial charge in [0, 0.05) is 24.5 Å². The Labute approximate surface area is 132 Å². The number of hydrogen-bond acceptors (Lipinski definition) is 4. The fraction of sp³-hybridized carbons (Fsp3) is 0.733. The molecule has 0 bridgehead atoms. The second kappa shape index (κ2) is 6.36. The first-order valence-corrected chi connectivity index (χ1v) is 9.88. The number of thiophene rings is 1. The Kier molecular flexibility index (Phi) is 5.13. The summed E-state index contributed by atoms with van der Waals surface area (Å²) < 4.78 is 27.6. The van der Waals surface area contributed by atoms with Gasteiger partial charge in [-0.3, -0.25) is 0 Å². The average molecular weight is 331 g/mol. The standard InChI is InChI=1S/C15H26N2O2S2/c1-5-15(3)6-8-17(9-7-15)21(18,19)14-12(2)11-20-13(14)10-16-4/h11,16H,5-10H2,1-4H3.